The van der Waals surface area contributed by atoms with Crippen LogP contribution in [0.3, 0.4) is 0 Å². The molecule has 26 heavy (non-hydrogen) atoms. The Hall–Kier alpha value is -1.57. The Balaban J connectivity index is 0.00000169. The van der Waals surface area contributed by atoms with Crippen molar-refractivity contribution in [2.24, 2.45) is 5.73 Å². The van der Waals surface area contributed by atoms with Crippen LogP contribution in [0, 0.1) is 5.82 Å². The van der Waals surface area contributed by atoms with Crippen LogP contribution in [0.15, 0.2) is 24.3 Å². The van der Waals surface area contributed by atoms with Gasteiger partial charge in [-0.05, 0) is 37.1 Å². The van der Waals surface area contributed by atoms with E-state index in [9.17, 15) is 14.0 Å². The summed E-state index contributed by atoms with van der Waals surface area (Å²) in [7, 11) is 0. The monoisotopic (exact) mass is 406 g/mol. The fraction of sp³-hybridized carbons (Fsp3) is 0.529. The lowest BCUT2D eigenvalue weighted by atomic mass is 10.2. The Bertz CT molecular complexity index is 618. The predicted molar refractivity (Wildman–Crippen MR) is 103 cm³/mol. The Morgan fingerprint density at radius 3 is 2.19 bits per heavy atom. The Morgan fingerprint density at radius 2 is 1.65 bits per heavy atom. The highest BCUT2D eigenvalue weighted by Gasteiger charge is 2.45. The third-order valence-corrected chi connectivity index (χ3v) is 4.69. The molecule has 1 saturated carbocycles. The van der Waals surface area contributed by atoms with Crippen molar-refractivity contribution in [1.82, 2.24) is 10.2 Å². The third kappa shape index (κ3) is 5.46. The molecular weight excluding hydrogens is 382 g/mol. The van der Waals surface area contributed by atoms with E-state index in [1.54, 1.807) is 12.1 Å². The van der Waals surface area contributed by atoms with Crippen LogP contribution in [0.4, 0.5) is 10.1 Å². The maximum absolute atomic E-state index is 13.0. The van der Waals surface area contributed by atoms with Crippen LogP contribution in [0.2, 0.25) is 0 Å². The first-order valence-electron chi connectivity index (χ1n) is 8.33. The molecule has 146 valence electrons. The molecule has 1 aromatic rings. The van der Waals surface area contributed by atoms with Crippen molar-refractivity contribution in [3.63, 3.8) is 0 Å². The zero-order valence-corrected chi connectivity index (χ0v) is 16.1. The van der Waals surface area contributed by atoms with Gasteiger partial charge in [-0.25, -0.2) is 4.39 Å². The van der Waals surface area contributed by atoms with Crippen molar-refractivity contribution in [3.05, 3.63) is 30.1 Å². The molecule has 0 atom stereocenters. The van der Waals surface area contributed by atoms with Gasteiger partial charge in [-0.15, -0.1) is 24.8 Å². The van der Waals surface area contributed by atoms with Crippen molar-refractivity contribution in [3.8, 4) is 0 Å². The smallest absolute Gasteiger partial charge is 0.240 e. The van der Waals surface area contributed by atoms with Crippen molar-refractivity contribution in [2.45, 2.75) is 24.8 Å². The fourth-order valence-corrected chi connectivity index (χ4v) is 2.84. The summed E-state index contributed by atoms with van der Waals surface area (Å²) in [6, 6.07) is 6.39. The molecule has 3 N–H and O–H groups in total. The van der Waals surface area contributed by atoms with Crippen molar-refractivity contribution >= 4 is 42.3 Å². The summed E-state index contributed by atoms with van der Waals surface area (Å²) in [5.74, 6) is -0.368. The second kappa shape index (κ2) is 9.39. The molecule has 1 aliphatic carbocycles. The molecule has 1 saturated heterocycles. The number of hydrogen-bond acceptors (Lipinski definition) is 4. The summed E-state index contributed by atoms with van der Waals surface area (Å²) in [6.45, 7) is 3.02. The van der Waals surface area contributed by atoms with E-state index in [4.69, 9.17) is 5.73 Å². The minimum atomic E-state index is -0.691. The molecular formula is C17H25Cl2FN4O2. The van der Waals surface area contributed by atoms with E-state index in [1.165, 1.54) is 12.1 Å². The summed E-state index contributed by atoms with van der Waals surface area (Å²) >= 11 is 0. The Morgan fingerprint density at radius 1 is 1.08 bits per heavy atom. The molecule has 2 aliphatic rings. The highest BCUT2D eigenvalue weighted by atomic mass is 35.5. The number of nitrogens with zero attached hydrogens (tertiary/aromatic N) is 2. The molecule has 9 heteroatoms. The fourth-order valence-electron chi connectivity index (χ4n) is 2.84. The van der Waals surface area contributed by atoms with E-state index in [1.807, 2.05) is 4.90 Å². The number of carbonyl (C=O) groups excluding carboxylic acids is 2. The first-order chi connectivity index (χ1) is 11.5. The van der Waals surface area contributed by atoms with Crippen LogP contribution < -0.4 is 16.0 Å². The molecule has 1 heterocycles. The molecule has 1 aliphatic heterocycles. The van der Waals surface area contributed by atoms with Gasteiger partial charge in [0.25, 0.3) is 0 Å². The third-order valence-electron chi connectivity index (χ3n) is 4.69. The summed E-state index contributed by atoms with van der Waals surface area (Å²) in [6.07, 6.45) is 1.73. The number of nitrogens with one attached hydrogen (secondary N) is 1. The van der Waals surface area contributed by atoms with Gasteiger partial charge in [-0.2, -0.15) is 0 Å². The minimum absolute atomic E-state index is 0. The van der Waals surface area contributed by atoms with E-state index >= 15 is 0 Å². The summed E-state index contributed by atoms with van der Waals surface area (Å²) < 4.78 is 13.0. The van der Waals surface area contributed by atoms with Crippen LogP contribution in [0.5, 0.6) is 0 Å². The Kier molecular flexibility index (Phi) is 8.12. The highest BCUT2D eigenvalue weighted by molar-refractivity contribution is 5.89. The van der Waals surface area contributed by atoms with Gasteiger partial charge in [-0.3, -0.25) is 9.59 Å². The number of rotatable bonds is 5. The number of piperazine rings is 1. The lowest BCUT2D eigenvalue weighted by molar-refractivity contribution is -0.131. The van der Waals surface area contributed by atoms with Gasteiger partial charge in [0.05, 0.1) is 5.54 Å². The minimum Gasteiger partial charge on any atom is -0.368 e. The molecule has 3 rings (SSSR count). The first-order valence-corrected chi connectivity index (χ1v) is 8.33. The van der Waals surface area contributed by atoms with Crippen molar-refractivity contribution in [2.75, 3.05) is 37.6 Å². The van der Waals surface area contributed by atoms with Crippen LogP contribution in [-0.4, -0.2) is 55.0 Å². The van der Waals surface area contributed by atoms with E-state index in [-0.39, 0.29) is 42.4 Å². The van der Waals surface area contributed by atoms with E-state index in [0.29, 0.717) is 26.1 Å². The number of nitrogens with two attached hydrogens (primary N) is 1. The maximum Gasteiger partial charge on any atom is 0.240 e. The molecule has 0 bridgehead atoms. The normalized spacial score (nSPS) is 17.6. The van der Waals surface area contributed by atoms with Gasteiger partial charge < -0.3 is 20.9 Å². The molecule has 0 aromatic heterocycles. The van der Waals surface area contributed by atoms with Gasteiger partial charge in [-0.1, -0.05) is 0 Å². The van der Waals surface area contributed by atoms with Crippen molar-refractivity contribution < 1.29 is 14.0 Å². The molecule has 6 nitrogen and oxygen atoms in total. The van der Waals surface area contributed by atoms with Gasteiger partial charge >= 0.3 is 0 Å². The van der Waals surface area contributed by atoms with Crippen LogP contribution in [0.1, 0.15) is 19.3 Å². The second-order valence-corrected chi connectivity index (χ2v) is 6.51. The van der Waals surface area contributed by atoms with Gasteiger partial charge in [0.2, 0.25) is 11.8 Å². The number of halogens is 3. The van der Waals surface area contributed by atoms with Crippen molar-refractivity contribution in [1.29, 1.82) is 0 Å². The summed E-state index contributed by atoms with van der Waals surface area (Å²) in [5.41, 5.74) is 6.07. The SMILES string of the molecule is Cl.Cl.NC1(C(=O)NCCC(=O)N2CCN(c3ccc(F)cc3)CC2)CC1. The first kappa shape index (κ1) is 22.5. The quantitative estimate of drug-likeness (QED) is 0.772. The van der Waals surface area contributed by atoms with E-state index in [0.717, 1.165) is 31.6 Å². The lowest BCUT2D eigenvalue weighted by Crippen LogP contribution is -2.49. The van der Waals surface area contributed by atoms with Crippen LogP contribution >= 0.6 is 24.8 Å². The number of anilines is 1. The summed E-state index contributed by atoms with van der Waals surface area (Å²) in [5, 5.41) is 2.74. The number of benzene rings is 1. The zero-order chi connectivity index (χ0) is 17.2. The van der Waals surface area contributed by atoms with Gasteiger partial charge in [0, 0.05) is 44.8 Å². The summed E-state index contributed by atoms with van der Waals surface area (Å²) in [4.78, 5) is 27.9. The maximum atomic E-state index is 13.0. The molecule has 0 unspecified atom stereocenters. The van der Waals surface area contributed by atoms with E-state index < -0.39 is 5.54 Å². The van der Waals surface area contributed by atoms with Gasteiger partial charge in [0.15, 0.2) is 0 Å². The van der Waals surface area contributed by atoms with Gasteiger partial charge in [0.1, 0.15) is 5.82 Å². The van der Waals surface area contributed by atoms with Crippen LogP contribution in [0.25, 0.3) is 0 Å². The second-order valence-electron chi connectivity index (χ2n) is 6.51. The lowest BCUT2D eigenvalue weighted by Gasteiger charge is -2.36. The van der Waals surface area contributed by atoms with Crippen LogP contribution in [-0.2, 0) is 9.59 Å². The molecule has 0 spiro atoms. The molecule has 0 radical (unpaired) electrons. The van der Waals surface area contributed by atoms with E-state index in [2.05, 4.69) is 10.2 Å². The molecule has 1 aromatic carbocycles. The topological polar surface area (TPSA) is 78.7 Å². The Labute approximate surface area is 165 Å². The standard InChI is InChI=1S/C17H23FN4O2.2ClH/c18-13-1-3-14(4-2-13)21-9-11-22(12-10-21)15(23)5-8-20-16(24)17(19)6-7-17;;/h1-4H,5-12,19H2,(H,20,24);2*1H. The molecule has 2 amide bonds. The number of amides is 2. The zero-order valence-electron chi connectivity index (χ0n) is 14.4. The number of hydrogen-bond donors (Lipinski definition) is 2. The molecule has 2 fully saturated rings. The highest BCUT2D eigenvalue weighted by Crippen LogP contribution is 2.31. The average Bonchev–Trinajstić information content (AvgIpc) is 3.34. The predicted octanol–water partition coefficient (Wildman–Crippen LogP) is 1.32. The largest absolute Gasteiger partial charge is 0.368 e. The number of carbonyl (C=O) groups is 2. The average molecular weight is 407 g/mol.